The Labute approximate surface area is 243 Å². The molecule has 0 aromatic carbocycles. The molecule has 4 amide bonds. The van der Waals surface area contributed by atoms with Crippen molar-refractivity contribution in [2.24, 2.45) is 5.92 Å². The van der Waals surface area contributed by atoms with Crippen LogP contribution in [0.1, 0.15) is 104 Å². The highest BCUT2D eigenvalue weighted by atomic mass is 32.2. The number of hydrogen-bond acceptors (Lipinski definition) is 7. The molecule has 3 fully saturated rings. The fraction of sp³-hybridized carbons (Fsp3) is 0.793. The number of nitrogens with zero attached hydrogens (tertiary/aromatic N) is 1. The van der Waals surface area contributed by atoms with Crippen molar-refractivity contribution in [3.05, 3.63) is 12.2 Å². The van der Waals surface area contributed by atoms with Crippen molar-refractivity contribution in [2.45, 2.75) is 133 Å². The Bertz CT molecular complexity index is 1140. The van der Waals surface area contributed by atoms with Gasteiger partial charge in [0.15, 0.2) is 0 Å². The molecule has 3 N–H and O–H groups in total. The fourth-order valence-electron chi connectivity index (χ4n) is 6.22. The minimum Gasteiger partial charge on any atom is -0.444 e. The van der Waals surface area contributed by atoms with Crippen LogP contribution >= 0.6 is 0 Å². The molecular formula is C29H46N4O7S. The number of fused-ring (bicyclic) bond motifs is 2. The maximum Gasteiger partial charge on any atom is 0.408 e. The molecule has 2 aliphatic heterocycles. The van der Waals surface area contributed by atoms with Gasteiger partial charge in [-0.1, -0.05) is 44.3 Å². The fourth-order valence-corrected chi connectivity index (χ4v) is 7.78. The minimum absolute atomic E-state index is 0.296. The summed E-state index contributed by atoms with van der Waals surface area (Å²) in [5.41, 5.74) is -2.10. The van der Waals surface area contributed by atoms with Crippen molar-refractivity contribution in [3.63, 3.8) is 0 Å². The van der Waals surface area contributed by atoms with Crippen molar-refractivity contribution >= 4 is 33.8 Å². The summed E-state index contributed by atoms with van der Waals surface area (Å²) in [5.74, 6) is -1.88. The smallest absolute Gasteiger partial charge is 0.408 e. The Balaban J connectivity index is 1.53. The number of alkyl carbamates (subject to hydrolysis) is 1. The van der Waals surface area contributed by atoms with E-state index in [0.29, 0.717) is 51.5 Å². The highest BCUT2D eigenvalue weighted by Crippen LogP contribution is 2.46. The molecular weight excluding hydrogens is 548 g/mol. The van der Waals surface area contributed by atoms with Gasteiger partial charge in [0.05, 0.1) is 5.25 Å². The Morgan fingerprint density at radius 3 is 2.39 bits per heavy atom. The summed E-state index contributed by atoms with van der Waals surface area (Å²) in [4.78, 5) is 54.9. The van der Waals surface area contributed by atoms with E-state index in [1.807, 2.05) is 12.2 Å². The highest BCUT2D eigenvalue weighted by Gasteiger charge is 2.61. The molecule has 0 spiro atoms. The molecule has 0 radical (unpaired) electrons. The van der Waals surface area contributed by atoms with Crippen LogP contribution in [0.25, 0.3) is 0 Å². The maximum absolute atomic E-state index is 13.7. The Kier molecular flexibility index (Phi) is 9.70. The van der Waals surface area contributed by atoms with E-state index in [0.717, 1.165) is 38.5 Å². The molecule has 2 saturated carbocycles. The molecule has 4 aliphatic rings. The predicted octanol–water partition coefficient (Wildman–Crippen LogP) is 3.04. The first kappa shape index (κ1) is 31.3. The van der Waals surface area contributed by atoms with Gasteiger partial charge in [-0.15, -0.1) is 0 Å². The summed E-state index contributed by atoms with van der Waals surface area (Å²) in [6, 6.07) is -1.66. The Morgan fingerprint density at radius 2 is 1.68 bits per heavy atom. The molecule has 0 aromatic heterocycles. The van der Waals surface area contributed by atoms with Crippen molar-refractivity contribution in [1.29, 1.82) is 0 Å². The lowest BCUT2D eigenvalue weighted by molar-refractivity contribution is -0.141. The molecule has 4 atom stereocenters. The number of carbonyl (C=O) groups is 4. The van der Waals surface area contributed by atoms with Crippen molar-refractivity contribution in [2.75, 3.05) is 6.54 Å². The van der Waals surface area contributed by atoms with Crippen molar-refractivity contribution < 1.29 is 32.3 Å². The molecule has 2 aliphatic carbocycles. The zero-order chi connectivity index (χ0) is 29.8. The summed E-state index contributed by atoms with van der Waals surface area (Å²) >= 11 is 0. The second-order valence-corrected chi connectivity index (χ2v) is 14.9. The van der Waals surface area contributed by atoms with Gasteiger partial charge in [0, 0.05) is 12.5 Å². The number of rotatable bonds is 4. The van der Waals surface area contributed by atoms with Gasteiger partial charge in [-0.05, 0) is 72.1 Å². The van der Waals surface area contributed by atoms with Gasteiger partial charge in [-0.2, -0.15) is 0 Å². The van der Waals surface area contributed by atoms with Crippen LogP contribution in [0.2, 0.25) is 0 Å². The van der Waals surface area contributed by atoms with E-state index < -0.39 is 56.4 Å². The highest BCUT2D eigenvalue weighted by molar-refractivity contribution is 7.90. The maximum atomic E-state index is 13.7. The Hall–Kier alpha value is -2.63. The molecule has 12 heteroatoms. The standard InChI is InChI=1S/C29H46N4O7S/c1-28(2,3)40-27(37)30-22-16-11-6-4-5-8-13-20-19-29(20,31-24(34)23-17-12-18-33(23)25(22)35)26(36)32-41(38,39)21-14-9-7-10-15-21/h8,13,20-23H,4-7,9-12,14-19H2,1-3H3,(H,30,37)(H,31,34)(H,32,36)/t20-,22+,23+,29-/m1/s1. The summed E-state index contributed by atoms with van der Waals surface area (Å²) in [6.07, 6.45) is 11.7. The molecule has 0 aromatic rings. The normalized spacial score (nSPS) is 30.2. The van der Waals surface area contributed by atoms with Crippen LogP contribution in [0.4, 0.5) is 4.79 Å². The largest absolute Gasteiger partial charge is 0.444 e. The van der Waals surface area contributed by atoms with Crippen LogP contribution < -0.4 is 15.4 Å². The molecule has 11 nitrogen and oxygen atoms in total. The number of amides is 4. The van der Waals surface area contributed by atoms with Crippen molar-refractivity contribution in [1.82, 2.24) is 20.3 Å². The number of hydrogen-bond donors (Lipinski definition) is 3. The van der Waals surface area contributed by atoms with Gasteiger partial charge in [0.1, 0.15) is 23.2 Å². The van der Waals surface area contributed by atoms with E-state index in [1.165, 1.54) is 4.90 Å². The number of sulfonamides is 1. The number of nitrogens with one attached hydrogen (secondary N) is 3. The summed E-state index contributed by atoms with van der Waals surface area (Å²) in [5, 5.41) is 4.97. The Morgan fingerprint density at radius 1 is 1.00 bits per heavy atom. The van der Waals surface area contributed by atoms with Gasteiger partial charge >= 0.3 is 6.09 Å². The van der Waals surface area contributed by atoms with E-state index in [1.54, 1.807) is 20.8 Å². The van der Waals surface area contributed by atoms with Crippen LogP contribution in [-0.4, -0.2) is 72.2 Å². The van der Waals surface area contributed by atoms with Gasteiger partial charge in [0.25, 0.3) is 5.91 Å². The topological polar surface area (TPSA) is 151 Å². The average Bonchev–Trinajstić information content (AvgIpc) is 3.36. The zero-order valence-electron chi connectivity index (χ0n) is 24.6. The van der Waals surface area contributed by atoms with Crippen LogP contribution in [0.15, 0.2) is 12.2 Å². The number of allylic oxidation sites excluding steroid dienone is 1. The van der Waals surface area contributed by atoms with Crippen LogP contribution in [0.5, 0.6) is 0 Å². The third kappa shape index (κ3) is 7.81. The summed E-state index contributed by atoms with van der Waals surface area (Å²) < 4.78 is 33.8. The molecule has 2 heterocycles. The third-order valence-electron chi connectivity index (χ3n) is 8.55. The van der Waals surface area contributed by atoms with Crippen LogP contribution in [0, 0.1) is 5.92 Å². The van der Waals surface area contributed by atoms with Crippen molar-refractivity contribution in [3.8, 4) is 0 Å². The van der Waals surface area contributed by atoms with E-state index in [4.69, 9.17) is 4.74 Å². The monoisotopic (exact) mass is 594 g/mol. The lowest BCUT2D eigenvalue weighted by atomic mass is 10.0. The van der Waals surface area contributed by atoms with E-state index in [-0.39, 0.29) is 11.8 Å². The lowest BCUT2D eigenvalue weighted by Gasteiger charge is -2.31. The first-order valence-corrected chi connectivity index (χ1v) is 16.7. The zero-order valence-corrected chi connectivity index (χ0v) is 25.4. The quantitative estimate of drug-likeness (QED) is 0.423. The second-order valence-electron chi connectivity index (χ2n) is 13.0. The van der Waals surface area contributed by atoms with Crippen LogP contribution in [-0.2, 0) is 29.1 Å². The number of ether oxygens (including phenoxy) is 1. The first-order valence-electron chi connectivity index (χ1n) is 15.2. The molecule has 0 bridgehead atoms. The molecule has 230 valence electrons. The molecule has 41 heavy (non-hydrogen) atoms. The van der Waals surface area contributed by atoms with E-state index >= 15 is 0 Å². The van der Waals surface area contributed by atoms with Gasteiger partial charge in [-0.3, -0.25) is 19.1 Å². The summed E-state index contributed by atoms with van der Waals surface area (Å²) in [7, 11) is -3.88. The second kappa shape index (κ2) is 12.7. The van der Waals surface area contributed by atoms with Crippen LogP contribution in [0.3, 0.4) is 0 Å². The lowest BCUT2D eigenvalue weighted by Crippen LogP contribution is -2.58. The predicted molar refractivity (Wildman–Crippen MR) is 153 cm³/mol. The minimum atomic E-state index is -3.88. The number of carbonyl (C=O) groups excluding carboxylic acids is 4. The van der Waals surface area contributed by atoms with Gasteiger partial charge in [-0.25, -0.2) is 13.2 Å². The van der Waals surface area contributed by atoms with Gasteiger partial charge in [0.2, 0.25) is 21.8 Å². The average molecular weight is 595 g/mol. The first-order chi connectivity index (χ1) is 19.3. The molecule has 0 unspecified atom stereocenters. The van der Waals surface area contributed by atoms with Gasteiger partial charge < -0.3 is 20.3 Å². The summed E-state index contributed by atoms with van der Waals surface area (Å²) in [6.45, 7) is 5.59. The molecule has 4 rings (SSSR count). The van der Waals surface area contributed by atoms with E-state index in [9.17, 15) is 27.6 Å². The SMILES string of the molecule is CC(C)(C)OC(=O)N[C@H]1CCCCCC=C[C@@H]2C[C@@]2(C(=O)NS(=O)(=O)C2CCCCC2)NC(=O)[C@@H]2CCCN2C1=O. The molecule has 1 saturated heterocycles. The van der Waals surface area contributed by atoms with E-state index in [2.05, 4.69) is 15.4 Å². The third-order valence-corrected chi connectivity index (χ3v) is 10.4.